The van der Waals surface area contributed by atoms with Gasteiger partial charge in [-0.05, 0) is 37.6 Å². The summed E-state index contributed by atoms with van der Waals surface area (Å²) >= 11 is 1.38. The molecule has 3 rings (SSSR count). The largest absolute Gasteiger partial charge is 0.346 e. The summed E-state index contributed by atoms with van der Waals surface area (Å²) in [7, 11) is -3.07. The highest BCUT2D eigenvalue weighted by Gasteiger charge is 2.39. The maximum atomic E-state index is 13.8. The highest BCUT2D eigenvalue weighted by Crippen LogP contribution is 2.30. The molecule has 0 saturated carbocycles. The van der Waals surface area contributed by atoms with Gasteiger partial charge in [0.25, 0.3) is 0 Å². The van der Waals surface area contributed by atoms with E-state index < -0.39 is 15.4 Å². The first-order valence-corrected chi connectivity index (χ1v) is 10.5. The van der Waals surface area contributed by atoms with E-state index in [1.807, 2.05) is 12.1 Å². The fourth-order valence-electron chi connectivity index (χ4n) is 2.85. The van der Waals surface area contributed by atoms with Gasteiger partial charge in [0.15, 0.2) is 9.84 Å². The van der Waals surface area contributed by atoms with Crippen LogP contribution in [0.2, 0.25) is 0 Å². The van der Waals surface area contributed by atoms with Crippen LogP contribution in [-0.2, 0) is 14.6 Å². The van der Waals surface area contributed by atoms with Crippen LogP contribution in [0, 0.1) is 5.82 Å². The summed E-state index contributed by atoms with van der Waals surface area (Å²) in [5, 5.41) is 2.77. The Morgan fingerprint density at radius 3 is 2.72 bits per heavy atom. The van der Waals surface area contributed by atoms with E-state index in [9.17, 15) is 17.6 Å². The molecule has 2 aromatic rings. The molecule has 1 atom stereocenters. The first-order chi connectivity index (χ1) is 11.8. The third-order valence-corrected chi connectivity index (χ3v) is 7.08. The van der Waals surface area contributed by atoms with Crippen LogP contribution in [0.15, 0.2) is 42.5 Å². The second-order valence-corrected chi connectivity index (χ2v) is 9.71. The van der Waals surface area contributed by atoms with Gasteiger partial charge in [-0.3, -0.25) is 4.79 Å². The van der Waals surface area contributed by atoms with Crippen LogP contribution in [-0.4, -0.2) is 31.4 Å². The van der Waals surface area contributed by atoms with Gasteiger partial charge in [-0.2, -0.15) is 0 Å². The molecule has 1 N–H and O–H groups in total. The zero-order valence-corrected chi connectivity index (χ0v) is 15.3. The minimum absolute atomic E-state index is 0.0317. The summed E-state index contributed by atoms with van der Waals surface area (Å²) < 4.78 is 37.0. The molecule has 1 unspecified atom stereocenters. The van der Waals surface area contributed by atoms with Crippen molar-refractivity contribution in [1.82, 2.24) is 5.32 Å². The minimum atomic E-state index is -3.07. The minimum Gasteiger partial charge on any atom is -0.346 e. The number of amides is 1. The summed E-state index contributed by atoms with van der Waals surface area (Å²) in [5.74, 6) is -0.547. The molecule has 25 heavy (non-hydrogen) atoms. The van der Waals surface area contributed by atoms with E-state index in [1.165, 1.54) is 23.5 Å². The Hall–Kier alpha value is -1.99. The fraction of sp³-hybridized carbons (Fsp3) is 0.278. The molecule has 7 heteroatoms. The number of rotatable bonds is 4. The molecule has 0 bridgehead atoms. The first kappa shape index (κ1) is 17.8. The molecular weight excluding hydrogens is 361 g/mol. The maximum Gasteiger partial charge on any atom is 0.244 e. The monoisotopic (exact) mass is 379 g/mol. The van der Waals surface area contributed by atoms with Crippen LogP contribution in [0.3, 0.4) is 0 Å². The number of carbonyl (C=O) groups excluding carboxylic acids is 1. The number of hydrogen-bond donors (Lipinski definition) is 1. The molecule has 0 radical (unpaired) electrons. The van der Waals surface area contributed by atoms with Crippen molar-refractivity contribution in [3.8, 4) is 10.4 Å². The van der Waals surface area contributed by atoms with Crippen molar-refractivity contribution < 1.29 is 17.6 Å². The lowest BCUT2D eigenvalue weighted by molar-refractivity contribution is -0.117. The maximum absolute atomic E-state index is 13.8. The second kappa shape index (κ2) is 6.72. The van der Waals surface area contributed by atoms with Crippen molar-refractivity contribution in [2.45, 2.75) is 18.9 Å². The molecule has 1 aromatic heterocycles. The van der Waals surface area contributed by atoms with E-state index in [-0.39, 0.29) is 23.2 Å². The quantitative estimate of drug-likeness (QED) is 0.830. The lowest BCUT2D eigenvalue weighted by Crippen LogP contribution is -2.46. The molecule has 0 aliphatic carbocycles. The molecule has 0 spiro atoms. The molecule has 4 nitrogen and oxygen atoms in total. The molecule has 1 fully saturated rings. The predicted molar refractivity (Wildman–Crippen MR) is 98.6 cm³/mol. The third kappa shape index (κ3) is 4.35. The Labute approximate surface area is 150 Å². The number of nitrogens with one attached hydrogen (secondary N) is 1. The summed E-state index contributed by atoms with van der Waals surface area (Å²) in [5.41, 5.74) is -0.186. The standard InChI is InChI=1S/C18H18FNO3S2/c1-18(10-11-25(22,23)12-18)20-17(21)9-7-13-6-8-16(24-13)14-4-2-3-5-15(14)19/h2-9H,10-12H2,1H3,(H,20,21)/b9-7+. The van der Waals surface area contributed by atoms with Gasteiger partial charge in [0.2, 0.25) is 5.91 Å². The zero-order valence-electron chi connectivity index (χ0n) is 13.7. The molecular formula is C18H18FNO3S2. The molecule has 1 saturated heterocycles. The molecule has 132 valence electrons. The number of benzene rings is 1. The van der Waals surface area contributed by atoms with E-state index >= 15 is 0 Å². The molecule has 1 aromatic carbocycles. The van der Waals surface area contributed by atoms with Gasteiger partial charge < -0.3 is 5.32 Å². The van der Waals surface area contributed by atoms with Crippen molar-refractivity contribution in [1.29, 1.82) is 0 Å². The van der Waals surface area contributed by atoms with Crippen molar-refractivity contribution in [2.75, 3.05) is 11.5 Å². The van der Waals surface area contributed by atoms with Crippen LogP contribution >= 0.6 is 11.3 Å². The second-order valence-electron chi connectivity index (χ2n) is 6.41. The van der Waals surface area contributed by atoms with Gasteiger partial charge in [-0.1, -0.05) is 18.2 Å². The summed E-state index contributed by atoms with van der Waals surface area (Å²) in [6.45, 7) is 1.74. The highest BCUT2D eigenvalue weighted by atomic mass is 32.2. The average molecular weight is 379 g/mol. The smallest absolute Gasteiger partial charge is 0.244 e. The average Bonchev–Trinajstić information content (AvgIpc) is 3.10. The van der Waals surface area contributed by atoms with Crippen molar-refractivity contribution in [3.63, 3.8) is 0 Å². The topological polar surface area (TPSA) is 63.2 Å². The number of sulfone groups is 1. The van der Waals surface area contributed by atoms with Gasteiger partial charge >= 0.3 is 0 Å². The summed E-state index contributed by atoms with van der Waals surface area (Å²) in [6, 6.07) is 10.2. The van der Waals surface area contributed by atoms with E-state index in [0.29, 0.717) is 12.0 Å². The van der Waals surface area contributed by atoms with Crippen molar-refractivity contribution in [3.05, 3.63) is 53.2 Å². The third-order valence-electron chi connectivity index (χ3n) is 4.09. The van der Waals surface area contributed by atoms with E-state index in [1.54, 1.807) is 31.2 Å². The lowest BCUT2D eigenvalue weighted by Gasteiger charge is -2.22. The first-order valence-electron chi connectivity index (χ1n) is 7.82. The summed E-state index contributed by atoms with van der Waals surface area (Å²) in [6.07, 6.45) is 3.45. The number of halogens is 1. The van der Waals surface area contributed by atoms with Crippen LogP contribution < -0.4 is 5.32 Å². The van der Waals surface area contributed by atoms with Gasteiger partial charge in [-0.25, -0.2) is 12.8 Å². The SMILES string of the molecule is CC1(NC(=O)/C=C/c2ccc(-c3ccccc3F)s2)CCS(=O)(=O)C1. The normalized spacial score (nSPS) is 22.3. The Morgan fingerprint density at radius 1 is 1.28 bits per heavy atom. The molecule has 2 heterocycles. The Kier molecular flexibility index (Phi) is 4.79. The van der Waals surface area contributed by atoms with E-state index in [4.69, 9.17) is 0 Å². The molecule has 1 aliphatic heterocycles. The predicted octanol–water partition coefficient (Wildman–Crippen LogP) is 3.26. The lowest BCUT2D eigenvalue weighted by atomic mass is 10.0. The van der Waals surface area contributed by atoms with E-state index in [0.717, 1.165) is 9.75 Å². The van der Waals surface area contributed by atoms with Crippen molar-refractivity contribution >= 4 is 33.2 Å². The van der Waals surface area contributed by atoms with E-state index in [2.05, 4.69) is 5.32 Å². The van der Waals surface area contributed by atoms with Crippen LogP contribution in [0.1, 0.15) is 18.2 Å². The van der Waals surface area contributed by atoms with Crippen LogP contribution in [0.4, 0.5) is 4.39 Å². The number of carbonyl (C=O) groups is 1. The molecule has 1 aliphatic rings. The zero-order chi connectivity index (χ0) is 18.1. The Bertz CT molecular complexity index is 933. The fourth-order valence-corrected chi connectivity index (χ4v) is 5.88. The number of hydrogen-bond acceptors (Lipinski definition) is 4. The Balaban J connectivity index is 1.67. The van der Waals surface area contributed by atoms with Gasteiger partial charge in [0, 0.05) is 21.4 Å². The number of thiophene rings is 1. The highest BCUT2D eigenvalue weighted by molar-refractivity contribution is 7.91. The van der Waals surface area contributed by atoms with Crippen LogP contribution in [0.25, 0.3) is 16.5 Å². The van der Waals surface area contributed by atoms with Crippen LogP contribution in [0.5, 0.6) is 0 Å². The van der Waals surface area contributed by atoms with Gasteiger partial charge in [0.1, 0.15) is 5.82 Å². The Morgan fingerprint density at radius 2 is 2.04 bits per heavy atom. The summed E-state index contributed by atoms with van der Waals surface area (Å²) in [4.78, 5) is 13.7. The van der Waals surface area contributed by atoms with Gasteiger partial charge in [-0.15, -0.1) is 11.3 Å². The van der Waals surface area contributed by atoms with Crippen molar-refractivity contribution in [2.24, 2.45) is 0 Å². The molecule has 1 amide bonds. The van der Waals surface area contributed by atoms with Gasteiger partial charge in [0.05, 0.1) is 17.0 Å².